The van der Waals surface area contributed by atoms with Crippen LogP contribution in [0.1, 0.15) is 43.9 Å². The predicted octanol–water partition coefficient (Wildman–Crippen LogP) is 1.97. The van der Waals surface area contributed by atoms with Crippen LogP contribution >= 0.6 is 0 Å². The van der Waals surface area contributed by atoms with Gasteiger partial charge in [-0.1, -0.05) is 29.8 Å². The molecule has 4 nitrogen and oxygen atoms in total. The zero-order valence-corrected chi connectivity index (χ0v) is 13.3. The fraction of sp³-hybridized carbons (Fsp3) is 0.588. The fourth-order valence-corrected chi connectivity index (χ4v) is 3.41. The fourth-order valence-electron chi connectivity index (χ4n) is 3.41. The average molecular weight is 289 g/mol. The zero-order valence-electron chi connectivity index (χ0n) is 13.3. The van der Waals surface area contributed by atoms with Crippen molar-refractivity contribution in [2.24, 2.45) is 17.4 Å². The van der Waals surface area contributed by atoms with E-state index in [0.29, 0.717) is 12.6 Å². The molecule has 1 saturated heterocycles. The number of aryl methyl sites for hydroxylation is 1. The molecule has 116 valence electrons. The first-order valence-corrected chi connectivity index (χ1v) is 7.77. The molecule has 1 heterocycles. The molecule has 4 atom stereocenters. The maximum Gasteiger partial charge on any atom is 0.221 e. The van der Waals surface area contributed by atoms with Crippen molar-refractivity contribution in [3.8, 4) is 0 Å². The second-order valence-electron chi connectivity index (χ2n) is 6.44. The summed E-state index contributed by atoms with van der Waals surface area (Å²) in [5.41, 5.74) is 14.2. The summed E-state index contributed by atoms with van der Waals surface area (Å²) >= 11 is 0. The van der Waals surface area contributed by atoms with Crippen molar-refractivity contribution in [3.63, 3.8) is 0 Å². The van der Waals surface area contributed by atoms with Crippen molar-refractivity contribution >= 4 is 5.91 Å². The lowest BCUT2D eigenvalue weighted by molar-refractivity contribution is -0.124. The van der Waals surface area contributed by atoms with Crippen LogP contribution in [-0.2, 0) is 4.79 Å². The quantitative estimate of drug-likeness (QED) is 0.890. The molecule has 2 rings (SSSR count). The number of carbonyl (C=O) groups excluding carboxylic acids is 1. The summed E-state index contributed by atoms with van der Waals surface area (Å²) in [5.74, 6) is -0.258. The van der Waals surface area contributed by atoms with Crippen molar-refractivity contribution in [3.05, 3.63) is 35.4 Å². The van der Waals surface area contributed by atoms with Crippen molar-refractivity contribution < 1.29 is 4.79 Å². The highest BCUT2D eigenvalue weighted by molar-refractivity contribution is 5.77. The molecule has 0 radical (unpaired) electrons. The lowest BCUT2D eigenvalue weighted by atomic mass is 9.88. The lowest BCUT2D eigenvalue weighted by Crippen LogP contribution is -2.51. The first kappa shape index (κ1) is 16.0. The van der Waals surface area contributed by atoms with Gasteiger partial charge in [0.05, 0.1) is 5.92 Å². The van der Waals surface area contributed by atoms with E-state index >= 15 is 0 Å². The molecule has 4 heteroatoms. The molecule has 0 spiro atoms. The smallest absolute Gasteiger partial charge is 0.221 e. The van der Waals surface area contributed by atoms with Gasteiger partial charge < -0.3 is 11.5 Å². The molecular formula is C17H27N3O. The van der Waals surface area contributed by atoms with E-state index in [0.717, 1.165) is 12.8 Å². The lowest BCUT2D eigenvalue weighted by Gasteiger charge is -2.44. The maximum absolute atomic E-state index is 11.6. The number of hydrogen-bond acceptors (Lipinski definition) is 3. The third kappa shape index (κ3) is 3.63. The largest absolute Gasteiger partial charge is 0.369 e. The van der Waals surface area contributed by atoms with E-state index in [2.05, 4.69) is 43.0 Å². The monoisotopic (exact) mass is 289 g/mol. The highest BCUT2D eigenvalue weighted by atomic mass is 16.1. The molecular weight excluding hydrogens is 262 g/mol. The highest BCUT2D eigenvalue weighted by Crippen LogP contribution is 2.32. The summed E-state index contributed by atoms with van der Waals surface area (Å²) < 4.78 is 0. The van der Waals surface area contributed by atoms with E-state index in [4.69, 9.17) is 11.5 Å². The Hall–Kier alpha value is -1.39. The van der Waals surface area contributed by atoms with Crippen molar-refractivity contribution in [2.75, 3.05) is 6.54 Å². The maximum atomic E-state index is 11.6. The topological polar surface area (TPSA) is 72.3 Å². The average Bonchev–Trinajstić information content (AvgIpc) is 2.40. The van der Waals surface area contributed by atoms with Crippen LogP contribution in [0.25, 0.3) is 0 Å². The first-order valence-electron chi connectivity index (χ1n) is 7.77. The summed E-state index contributed by atoms with van der Waals surface area (Å²) in [5, 5.41) is 0. The van der Waals surface area contributed by atoms with Gasteiger partial charge in [-0.3, -0.25) is 9.69 Å². The third-order valence-electron chi connectivity index (χ3n) is 4.57. The van der Waals surface area contributed by atoms with E-state index in [1.807, 2.05) is 6.92 Å². The number of primary amides is 1. The summed E-state index contributed by atoms with van der Waals surface area (Å²) in [6.07, 6.45) is 1.87. The number of hydrogen-bond donors (Lipinski definition) is 2. The number of nitrogens with two attached hydrogens (primary N) is 2. The Morgan fingerprint density at radius 1 is 1.38 bits per heavy atom. The van der Waals surface area contributed by atoms with E-state index in [9.17, 15) is 4.79 Å². The second-order valence-corrected chi connectivity index (χ2v) is 6.44. The second kappa shape index (κ2) is 6.58. The molecule has 0 aromatic heterocycles. The molecule has 1 aliphatic heterocycles. The van der Waals surface area contributed by atoms with Gasteiger partial charge in [0, 0.05) is 24.7 Å². The molecule has 4 unspecified atom stereocenters. The van der Waals surface area contributed by atoms with Gasteiger partial charge in [-0.05, 0) is 39.2 Å². The molecule has 0 aliphatic carbocycles. The van der Waals surface area contributed by atoms with E-state index in [1.165, 1.54) is 11.1 Å². The minimum Gasteiger partial charge on any atom is -0.369 e. The van der Waals surface area contributed by atoms with Gasteiger partial charge in [0.1, 0.15) is 0 Å². The van der Waals surface area contributed by atoms with Gasteiger partial charge in [-0.2, -0.15) is 0 Å². The molecule has 0 saturated carbocycles. The minimum absolute atomic E-state index is 0.000812. The SMILES string of the molecule is Cc1cccc(C(C(C)N)N2CC(C(N)=O)CCC2C)c1. The van der Waals surface area contributed by atoms with Crippen molar-refractivity contribution in [1.29, 1.82) is 0 Å². The number of carbonyl (C=O) groups is 1. The van der Waals surface area contributed by atoms with E-state index < -0.39 is 0 Å². The molecule has 1 fully saturated rings. The van der Waals surface area contributed by atoms with Gasteiger partial charge in [0.25, 0.3) is 0 Å². The normalized spacial score (nSPS) is 26.3. The van der Waals surface area contributed by atoms with Crippen LogP contribution in [0.2, 0.25) is 0 Å². The summed E-state index contributed by atoms with van der Waals surface area (Å²) in [6, 6.07) is 9.02. The Morgan fingerprint density at radius 2 is 2.10 bits per heavy atom. The number of nitrogens with zero attached hydrogens (tertiary/aromatic N) is 1. The zero-order chi connectivity index (χ0) is 15.6. The van der Waals surface area contributed by atoms with Gasteiger partial charge in [0.2, 0.25) is 5.91 Å². The number of likely N-dealkylation sites (tertiary alicyclic amines) is 1. The summed E-state index contributed by atoms with van der Waals surface area (Å²) in [6.45, 7) is 7.04. The van der Waals surface area contributed by atoms with Gasteiger partial charge in [-0.25, -0.2) is 0 Å². The van der Waals surface area contributed by atoms with E-state index in [-0.39, 0.29) is 23.9 Å². The molecule has 4 N–H and O–H groups in total. The van der Waals surface area contributed by atoms with Gasteiger partial charge in [0.15, 0.2) is 0 Å². The number of benzene rings is 1. The Balaban J connectivity index is 2.30. The first-order chi connectivity index (χ1) is 9.90. The Kier molecular flexibility index (Phi) is 5.01. The van der Waals surface area contributed by atoms with E-state index in [1.54, 1.807) is 0 Å². The van der Waals surface area contributed by atoms with Crippen LogP contribution in [0.5, 0.6) is 0 Å². The molecule has 1 aliphatic rings. The van der Waals surface area contributed by atoms with Crippen LogP contribution in [0.3, 0.4) is 0 Å². The molecule has 0 bridgehead atoms. The van der Waals surface area contributed by atoms with Crippen LogP contribution < -0.4 is 11.5 Å². The van der Waals surface area contributed by atoms with Crippen molar-refractivity contribution in [2.45, 2.75) is 51.7 Å². The Labute approximate surface area is 127 Å². The van der Waals surface area contributed by atoms with Crippen molar-refractivity contribution in [1.82, 2.24) is 4.90 Å². The number of piperidine rings is 1. The Bertz CT molecular complexity index is 501. The molecule has 1 amide bonds. The van der Waals surface area contributed by atoms with Crippen LogP contribution in [0.4, 0.5) is 0 Å². The molecule has 21 heavy (non-hydrogen) atoms. The highest BCUT2D eigenvalue weighted by Gasteiger charge is 2.35. The third-order valence-corrected chi connectivity index (χ3v) is 4.57. The standard InChI is InChI=1S/C17H27N3O/c1-11-5-4-6-14(9-11)16(13(3)18)20-10-15(17(19)21)8-7-12(20)2/h4-6,9,12-13,15-16H,7-8,10,18H2,1-3H3,(H2,19,21). The molecule has 1 aromatic carbocycles. The Morgan fingerprint density at radius 3 is 2.67 bits per heavy atom. The van der Waals surface area contributed by atoms with Gasteiger partial charge in [-0.15, -0.1) is 0 Å². The summed E-state index contributed by atoms with van der Waals surface area (Å²) in [4.78, 5) is 13.9. The number of amides is 1. The van der Waals surface area contributed by atoms with Crippen LogP contribution in [0.15, 0.2) is 24.3 Å². The van der Waals surface area contributed by atoms with Crippen LogP contribution in [0, 0.1) is 12.8 Å². The van der Waals surface area contributed by atoms with Crippen LogP contribution in [-0.4, -0.2) is 29.4 Å². The summed E-state index contributed by atoms with van der Waals surface area (Å²) in [7, 11) is 0. The number of rotatable bonds is 4. The molecule has 1 aromatic rings. The predicted molar refractivity (Wildman–Crippen MR) is 85.7 cm³/mol. The van der Waals surface area contributed by atoms with Gasteiger partial charge >= 0.3 is 0 Å². The minimum atomic E-state index is -0.195.